The first-order valence-electron chi connectivity index (χ1n) is 9.29. The molecule has 27 heavy (non-hydrogen) atoms. The number of hydrogen-bond acceptors (Lipinski definition) is 2. The number of nitrogens with one attached hydrogen (secondary N) is 1. The van der Waals surface area contributed by atoms with Gasteiger partial charge in [0.25, 0.3) is 0 Å². The molecular weight excluding hydrogens is 343 g/mol. The molecular formula is C22H27FN2O2. The van der Waals surface area contributed by atoms with Gasteiger partial charge >= 0.3 is 0 Å². The molecule has 0 heterocycles. The molecule has 0 aromatic heterocycles. The molecule has 2 rings (SSSR count). The Balaban J connectivity index is 2.36. The molecule has 4 nitrogen and oxygen atoms in total. The molecule has 2 amide bonds. The minimum absolute atomic E-state index is 0.105. The number of carbonyl (C=O) groups excluding carboxylic acids is 2. The molecule has 2 aromatic rings. The van der Waals surface area contributed by atoms with Crippen LogP contribution in [0.3, 0.4) is 0 Å². The van der Waals surface area contributed by atoms with Crippen molar-refractivity contribution in [1.29, 1.82) is 0 Å². The van der Waals surface area contributed by atoms with Crippen molar-refractivity contribution in [3.63, 3.8) is 0 Å². The fraction of sp³-hybridized carbons (Fsp3) is 0.364. The number of rotatable bonds is 8. The summed E-state index contributed by atoms with van der Waals surface area (Å²) < 4.78 is 13.2. The summed E-state index contributed by atoms with van der Waals surface area (Å²) in [5, 5.41) is 2.84. The molecule has 0 aliphatic heterocycles. The molecule has 1 N–H and O–H groups in total. The molecule has 0 fully saturated rings. The van der Waals surface area contributed by atoms with Crippen LogP contribution in [-0.4, -0.2) is 29.3 Å². The highest BCUT2D eigenvalue weighted by Crippen LogP contribution is 2.17. The molecule has 2 aromatic carbocycles. The molecule has 0 spiro atoms. The van der Waals surface area contributed by atoms with Gasteiger partial charge in [-0.05, 0) is 30.2 Å². The summed E-state index contributed by atoms with van der Waals surface area (Å²) in [6.45, 7) is 6.23. The largest absolute Gasteiger partial charge is 0.355 e. The summed E-state index contributed by atoms with van der Waals surface area (Å²) in [5.41, 5.74) is 1.77. The van der Waals surface area contributed by atoms with Crippen LogP contribution in [0.5, 0.6) is 0 Å². The van der Waals surface area contributed by atoms with Crippen molar-refractivity contribution in [2.24, 2.45) is 5.92 Å². The normalized spacial score (nSPS) is 11.9. The van der Waals surface area contributed by atoms with Gasteiger partial charge in [0.1, 0.15) is 11.9 Å². The van der Waals surface area contributed by atoms with E-state index in [0.29, 0.717) is 13.0 Å². The fourth-order valence-corrected chi connectivity index (χ4v) is 2.93. The van der Waals surface area contributed by atoms with E-state index in [1.165, 1.54) is 12.1 Å². The van der Waals surface area contributed by atoms with Gasteiger partial charge in [-0.15, -0.1) is 0 Å². The predicted molar refractivity (Wildman–Crippen MR) is 104 cm³/mol. The second-order valence-electron chi connectivity index (χ2n) is 6.85. The quantitative estimate of drug-likeness (QED) is 0.772. The van der Waals surface area contributed by atoms with Crippen molar-refractivity contribution in [1.82, 2.24) is 10.2 Å². The van der Waals surface area contributed by atoms with E-state index in [1.54, 1.807) is 17.0 Å². The van der Waals surface area contributed by atoms with Gasteiger partial charge in [-0.3, -0.25) is 9.59 Å². The van der Waals surface area contributed by atoms with Crippen LogP contribution in [0.4, 0.5) is 4.39 Å². The molecule has 1 atom stereocenters. The third-order valence-electron chi connectivity index (χ3n) is 4.34. The number of halogens is 1. The first-order valence-corrected chi connectivity index (χ1v) is 9.29. The second-order valence-corrected chi connectivity index (χ2v) is 6.85. The molecule has 0 aliphatic rings. The van der Waals surface area contributed by atoms with Gasteiger partial charge in [0, 0.05) is 25.4 Å². The van der Waals surface area contributed by atoms with E-state index in [0.717, 1.165) is 11.1 Å². The Kier molecular flexibility index (Phi) is 7.53. The SMILES string of the molecule is CCNC(=O)C(Cc1ccccc1)N(Cc1ccc(F)cc1)C(=O)C(C)C. The van der Waals surface area contributed by atoms with E-state index < -0.39 is 6.04 Å². The maximum Gasteiger partial charge on any atom is 0.243 e. The summed E-state index contributed by atoms with van der Waals surface area (Å²) in [5.74, 6) is -0.868. The molecule has 144 valence electrons. The van der Waals surface area contributed by atoms with Crippen molar-refractivity contribution in [3.8, 4) is 0 Å². The topological polar surface area (TPSA) is 49.4 Å². The molecule has 0 saturated carbocycles. The fourth-order valence-electron chi connectivity index (χ4n) is 2.93. The van der Waals surface area contributed by atoms with Crippen LogP contribution in [0.15, 0.2) is 54.6 Å². The summed E-state index contributed by atoms with van der Waals surface area (Å²) in [6, 6.07) is 15.0. The monoisotopic (exact) mass is 370 g/mol. The lowest BCUT2D eigenvalue weighted by molar-refractivity contribution is -0.143. The minimum atomic E-state index is -0.632. The molecule has 0 saturated heterocycles. The van der Waals surface area contributed by atoms with Crippen molar-refractivity contribution in [3.05, 3.63) is 71.5 Å². The molecule has 0 bridgehead atoms. The molecule has 0 radical (unpaired) electrons. The standard InChI is InChI=1S/C22H27FN2O2/c1-4-24-21(26)20(14-17-8-6-5-7-9-17)25(22(27)16(2)3)15-18-10-12-19(23)13-11-18/h5-13,16,20H,4,14-15H2,1-3H3,(H,24,26). The van der Waals surface area contributed by atoms with Gasteiger partial charge in [0.2, 0.25) is 11.8 Å². The number of amides is 2. The summed E-state index contributed by atoms with van der Waals surface area (Å²) in [6.07, 6.45) is 0.423. The Bertz CT molecular complexity index is 745. The highest BCUT2D eigenvalue weighted by molar-refractivity contribution is 5.88. The van der Waals surface area contributed by atoms with Gasteiger partial charge in [0.05, 0.1) is 0 Å². The van der Waals surface area contributed by atoms with Crippen LogP contribution in [0.2, 0.25) is 0 Å². The number of benzene rings is 2. The smallest absolute Gasteiger partial charge is 0.243 e. The van der Waals surface area contributed by atoms with Crippen LogP contribution >= 0.6 is 0 Å². The van der Waals surface area contributed by atoms with Crippen molar-refractivity contribution < 1.29 is 14.0 Å². The summed E-state index contributed by atoms with van der Waals surface area (Å²) >= 11 is 0. The zero-order valence-electron chi connectivity index (χ0n) is 16.1. The Labute approximate surface area is 160 Å². The minimum Gasteiger partial charge on any atom is -0.355 e. The highest BCUT2D eigenvalue weighted by Gasteiger charge is 2.31. The second kappa shape index (κ2) is 9.86. The highest BCUT2D eigenvalue weighted by atomic mass is 19.1. The van der Waals surface area contributed by atoms with Crippen LogP contribution in [-0.2, 0) is 22.6 Å². The number of hydrogen-bond donors (Lipinski definition) is 1. The molecule has 1 unspecified atom stereocenters. The molecule has 0 aliphatic carbocycles. The van der Waals surface area contributed by atoms with Gasteiger partial charge in [-0.1, -0.05) is 56.3 Å². The number of carbonyl (C=O) groups is 2. The van der Waals surface area contributed by atoms with E-state index in [4.69, 9.17) is 0 Å². The van der Waals surface area contributed by atoms with Gasteiger partial charge in [0.15, 0.2) is 0 Å². The van der Waals surface area contributed by atoms with Gasteiger partial charge in [-0.25, -0.2) is 4.39 Å². The third-order valence-corrected chi connectivity index (χ3v) is 4.34. The average Bonchev–Trinajstić information content (AvgIpc) is 2.66. The van der Waals surface area contributed by atoms with Gasteiger partial charge in [-0.2, -0.15) is 0 Å². The lowest BCUT2D eigenvalue weighted by Gasteiger charge is -2.32. The van der Waals surface area contributed by atoms with E-state index in [-0.39, 0.29) is 30.1 Å². The zero-order chi connectivity index (χ0) is 19.8. The van der Waals surface area contributed by atoms with E-state index >= 15 is 0 Å². The number of likely N-dealkylation sites (N-methyl/N-ethyl adjacent to an activating group) is 1. The van der Waals surface area contributed by atoms with Crippen LogP contribution in [0.1, 0.15) is 31.9 Å². The van der Waals surface area contributed by atoms with Gasteiger partial charge < -0.3 is 10.2 Å². The zero-order valence-corrected chi connectivity index (χ0v) is 16.1. The maximum atomic E-state index is 13.2. The Morgan fingerprint density at radius 1 is 1.00 bits per heavy atom. The Hall–Kier alpha value is -2.69. The van der Waals surface area contributed by atoms with E-state index in [2.05, 4.69) is 5.32 Å². The third kappa shape index (κ3) is 5.91. The summed E-state index contributed by atoms with van der Waals surface area (Å²) in [7, 11) is 0. The van der Waals surface area contributed by atoms with Crippen LogP contribution in [0, 0.1) is 11.7 Å². The summed E-state index contributed by atoms with van der Waals surface area (Å²) in [4.78, 5) is 27.3. The van der Waals surface area contributed by atoms with E-state index in [9.17, 15) is 14.0 Å². The first-order chi connectivity index (χ1) is 12.9. The Morgan fingerprint density at radius 3 is 2.19 bits per heavy atom. The maximum absolute atomic E-state index is 13.2. The first kappa shape index (κ1) is 20.6. The molecule has 5 heteroatoms. The van der Waals surface area contributed by atoms with Crippen molar-refractivity contribution in [2.45, 2.75) is 39.8 Å². The average molecular weight is 370 g/mol. The van der Waals surface area contributed by atoms with Crippen LogP contribution < -0.4 is 5.32 Å². The number of nitrogens with zero attached hydrogens (tertiary/aromatic N) is 1. The van der Waals surface area contributed by atoms with Crippen molar-refractivity contribution >= 4 is 11.8 Å². The Morgan fingerprint density at radius 2 is 1.63 bits per heavy atom. The lowest BCUT2D eigenvalue weighted by atomic mass is 10.0. The van der Waals surface area contributed by atoms with E-state index in [1.807, 2.05) is 51.1 Å². The lowest BCUT2D eigenvalue weighted by Crippen LogP contribution is -2.51. The van der Waals surface area contributed by atoms with Crippen molar-refractivity contribution in [2.75, 3.05) is 6.54 Å². The predicted octanol–water partition coefficient (Wildman–Crippen LogP) is 3.56. The van der Waals surface area contributed by atoms with Crippen LogP contribution in [0.25, 0.3) is 0 Å².